The molecule has 19 heavy (non-hydrogen) atoms. The van der Waals surface area contributed by atoms with E-state index in [1.54, 1.807) is 6.92 Å². The van der Waals surface area contributed by atoms with Crippen molar-refractivity contribution < 1.29 is 13.2 Å². The van der Waals surface area contributed by atoms with Crippen LogP contribution in [-0.2, 0) is 6.18 Å². The highest BCUT2D eigenvalue weighted by Crippen LogP contribution is 2.35. The van der Waals surface area contributed by atoms with Gasteiger partial charge in [0.2, 0.25) is 0 Å². The van der Waals surface area contributed by atoms with Gasteiger partial charge in [-0.15, -0.1) is 0 Å². The van der Waals surface area contributed by atoms with Crippen LogP contribution >= 0.6 is 0 Å². The zero-order valence-electron chi connectivity index (χ0n) is 11.3. The van der Waals surface area contributed by atoms with Crippen LogP contribution in [0.25, 0.3) is 0 Å². The maximum Gasteiger partial charge on any atom is 0.416 e. The summed E-state index contributed by atoms with van der Waals surface area (Å²) in [7, 11) is 0. The molecule has 0 aliphatic carbocycles. The van der Waals surface area contributed by atoms with Crippen LogP contribution in [0.2, 0.25) is 0 Å². The summed E-state index contributed by atoms with van der Waals surface area (Å²) >= 11 is 0. The van der Waals surface area contributed by atoms with Crippen molar-refractivity contribution in [1.29, 1.82) is 0 Å². The van der Waals surface area contributed by atoms with Crippen LogP contribution < -0.4 is 0 Å². The summed E-state index contributed by atoms with van der Waals surface area (Å²) < 4.78 is 38.1. The first-order valence-electron chi connectivity index (χ1n) is 6.29. The van der Waals surface area contributed by atoms with Crippen molar-refractivity contribution in [2.75, 3.05) is 0 Å². The molecular weight excluding hydrogens is 255 g/mol. The van der Waals surface area contributed by atoms with E-state index >= 15 is 0 Å². The Hall–Kier alpha value is -1.39. The smallest absolute Gasteiger partial charge is 0.166 e. The van der Waals surface area contributed by atoms with Gasteiger partial charge >= 0.3 is 6.18 Å². The zero-order chi connectivity index (χ0) is 14.6. The Morgan fingerprint density at radius 2 is 1.95 bits per heavy atom. The van der Waals surface area contributed by atoms with Crippen molar-refractivity contribution in [3.05, 3.63) is 39.8 Å². The standard InChI is InChI=1S/C14H18F3NO/c1-4-9(2)7-13(18-19)12-8-11(14(15,16)17)6-5-10(12)3/h5-6,8-9,13H,4,7H2,1-3H3/t9-,13+/m1/s1. The van der Waals surface area contributed by atoms with E-state index in [2.05, 4.69) is 5.18 Å². The molecule has 0 radical (unpaired) electrons. The van der Waals surface area contributed by atoms with Gasteiger partial charge in [0.05, 0.1) is 5.56 Å². The predicted molar refractivity (Wildman–Crippen MR) is 68.8 cm³/mol. The van der Waals surface area contributed by atoms with Gasteiger partial charge < -0.3 is 0 Å². The van der Waals surface area contributed by atoms with Crippen molar-refractivity contribution in [2.24, 2.45) is 11.1 Å². The number of hydrogen-bond donors (Lipinski definition) is 0. The highest BCUT2D eigenvalue weighted by atomic mass is 19.4. The average molecular weight is 273 g/mol. The number of nitroso groups, excluding NO2 is 1. The Morgan fingerprint density at radius 3 is 2.42 bits per heavy atom. The lowest BCUT2D eigenvalue weighted by Gasteiger charge is -2.18. The number of benzene rings is 1. The Morgan fingerprint density at radius 1 is 1.32 bits per heavy atom. The van der Waals surface area contributed by atoms with Crippen LogP contribution in [0.3, 0.4) is 0 Å². The molecule has 0 aromatic heterocycles. The van der Waals surface area contributed by atoms with Crippen molar-refractivity contribution in [1.82, 2.24) is 0 Å². The molecule has 0 aliphatic rings. The Kier molecular flexibility index (Phi) is 5.09. The summed E-state index contributed by atoms with van der Waals surface area (Å²) in [5.41, 5.74) is 0.317. The largest absolute Gasteiger partial charge is 0.416 e. The molecule has 106 valence electrons. The van der Waals surface area contributed by atoms with Crippen molar-refractivity contribution in [3.8, 4) is 0 Å². The number of hydrogen-bond acceptors (Lipinski definition) is 2. The molecule has 0 fully saturated rings. The Bertz CT molecular complexity index is 443. The molecule has 0 amide bonds. The van der Waals surface area contributed by atoms with E-state index in [1.807, 2.05) is 13.8 Å². The van der Waals surface area contributed by atoms with Crippen molar-refractivity contribution >= 4 is 0 Å². The number of aryl methyl sites for hydroxylation is 1. The van der Waals surface area contributed by atoms with E-state index in [4.69, 9.17) is 0 Å². The lowest BCUT2D eigenvalue weighted by atomic mass is 9.91. The Labute approximate surface area is 111 Å². The van der Waals surface area contributed by atoms with Gasteiger partial charge in [0.25, 0.3) is 0 Å². The number of nitrogens with zero attached hydrogens (tertiary/aromatic N) is 1. The average Bonchev–Trinajstić information content (AvgIpc) is 2.35. The summed E-state index contributed by atoms with van der Waals surface area (Å²) in [6.07, 6.45) is -3.06. The van der Waals surface area contributed by atoms with Crippen LogP contribution in [-0.4, -0.2) is 0 Å². The molecule has 0 aliphatic heterocycles. The number of rotatable bonds is 5. The monoisotopic (exact) mass is 273 g/mol. The molecule has 2 atom stereocenters. The van der Waals surface area contributed by atoms with Gasteiger partial charge in [0.15, 0.2) is 0 Å². The molecule has 2 nitrogen and oxygen atoms in total. The summed E-state index contributed by atoms with van der Waals surface area (Å²) in [6.45, 7) is 5.64. The third-order valence-corrected chi connectivity index (χ3v) is 3.42. The molecule has 0 N–H and O–H groups in total. The van der Waals surface area contributed by atoms with Gasteiger partial charge in [-0.1, -0.05) is 31.5 Å². The number of halogens is 3. The van der Waals surface area contributed by atoms with E-state index in [-0.39, 0.29) is 5.92 Å². The fraction of sp³-hybridized carbons (Fsp3) is 0.571. The van der Waals surface area contributed by atoms with Crippen LogP contribution in [0.15, 0.2) is 23.4 Å². The normalized spacial score (nSPS) is 15.1. The molecule has 1 aromatic rings. The molecule has 0 saturated carbocycles. The molecule has 5 heteroatoms. The van der Waals surface area contributed by atoms with Gasteiger partial charge in [-0.25, -0.2) is 0 Å². The van der Waals surface area contributed by atoms with Gasteiger partial charge in [-0.2, -0.15) is 18.1 Å². The van der Waals surface area contributed by atoms with Gasteiger partial charge in [0, 0.05) is 0 Å². The lowest BCUT2D eigenvalue weighted by molar-refractivity contribution is -0.137. The summed E-state index contributed by atoms with van der Waals surface area (Å²) in [5, 5.41) is 3.01. The minimum Gasteiger partial charge on any atom is -0.166 e. The van der Waals surface area contributed by atoms with Gasteiger partial charge in [-0.05, 0) is 42.5 Å². The van der Waals surface area contributed by atoms with Crippen molar-refractivity contribution in [2.45, 2.75) is 45.8 Å². The lowest BCUT2D eigenvalue weighted by Crippen LogP contribution is -2.09. The first-order chi connectivity index (χ1) is 8.79. The quantitative estimate of drug-likeness (QED) is 0.673. The minimum atomic E-state index is -4.40. The van der Waals surface area contributed by atoms with E-state index in [9.17, 15) is 18.1 Å². The molecule has 0 bridgehead atoms. The highest BCUT2D eigenvalue weighted by Gasteiger charge is 2.31. The Balaban J connectivity index is 3.12. The molecular formula is C14H18F3NO. The van der Waals surface area contributed by atoms with Crippen LogP contribution in [0.4, 0.5) is 13.2 Å². The van der Waals surface area contributed by atoms with E-state index in [0.717, 1.165) is 18.6 Å². The first kappa shape index (κ1) is 15.7. The summed E-state index contributed by atoms with van der Waals surface area (Å²) in [5.74, 6) is 0.247. The van der Waals surface area contributed by atoms with Gasteiger partial charge in [0.1, 0.15) is 6.04 Å². The van der Waals surface area contributed by atoms with E-state index in [0.29, 0.717) is 17.5 Å². The minimum absolute atomic E-state index is 0.247. The predicted octanol–water partition coefficient (Wildman–Crippen LogP) is 5.26. The van der Waals surface area contributed by atoms with Gasteiger partial charge in [-0.3, -0.25) is 0 Å². The van der Waals surface area contributed by atoms with Crippen LogP contribution in [0.1, 0.15) is 49.4 Å². The van der Waals surface area contributed by atoms with E-state index in [1.165, 1.54) is 6.07 Å². The fourth-order valence-electron chi connectivity index (χ4n) is 1.95. The second-order valence-corrected chi connectivity index (χ2v) is 4.94. The zero-order valence-corrected chi connectivity index (χ0v) is 11.3. The molecule has 1 rings (SSSR count). The fourth-order valence-corrected chi connectivity index (χ4v) is 1.95. The van der Waals surface area contributed by atoms with Crippen molar-refractivity contribution in [3.63, 3.8) is 0 Å². The van der Waals surface area contributed by atoms with E-state index < -0.39 is 17.8 Å². The first-order valence-corrected chi connectivity index (χ1v) is 6.29. The number of alkyl halides is 3. The molecule has 0 unspecified atom stereocenters. The molecule has 0 heterocycles. The highest BCUT2D eigenvalue weighted by molar-refractivity contribution is 5.35. The molecule has 1 aromatic carbocycles. The SMILES string of the molecule is CC[C@@H](C)C[C@H](N=O)c1cc(C(F)(F)F)ccc1C. The summed E-state index contributed by atoms with van der Waals surface area (Å²) in [6, 6.07) is 2.76. The maximum absolute atomic E-state index is 12.7. The second kappa shape index (κ2) is 6.17. The van der Waals surface area contributed by atoms with Crippen LogP contribution in [0.5, 0.6) is 0 Å². The second-order valence-electron chi connectivity index (χ2n) is 4.94. The molecule has 0 saturated heterocycles. The van der Waals surface area contributed by atoms with Crippen LogP contribution in [0, 0.1) is 17.7 Å². The maximum atomic E-state index is 12.7. The summed E-state index contributed by atoms with van der Waals surface area (Å²) in [4.78, 5) is 10.9. The topological polar surface area (TPSA) is 29.4 Å². The third kappa shape index (κ3) is 4.04. The molecule has 0 spiro atoms. The third-order valence-electron chi connectivity index (χ3n) is 3.42.